The Morgan fingerprint density at radius 3 is 2.62 bits per heavy atom. The summed E-state index contributed by atoms with van der Waals surface area (Å²) in [6, 6.07) is 3.40. The van der Waals surface area contributed by atoms with E-state index in [0.717, 1.165) is 31.6 Å². The summed E-state index contributed by atoms with van der Waals surface area (Å²) >= 11 is 1.43. The number of hydrogen-bond acceptors (Lipinski definition) is 5. The molecule has 1 aromatic heterocycles. The van der Waals surface area contributed by atoms with E-state index in [2.05, 4.69) is 0 Å². The van der Waals surface area contributed by atoms with E-state index in [1.54, 1.807) is 12.1 Å². The highest BCUT2D eigenvalue weighted by atomic mass is 32.2. The van der Waals surface area contributed by atoms with Crippen LogP contribution in [0.25, 0.3) is 0 Å². The Hall–Kier alpha value is -1.97. The number of carboxylic acids is 1. The van der Waals surface area contributed by atoms with Crippen molar-refractivity contribution in [1.29, 1.82) is 0 Å². The quantitative estimate of drug-likeness (QED) is 0.580. The first kappa shape index (κ1) is 24.7. The monoisotopic (exact) mass is 473 g/mol. The van der Waals surface area contributed by atoms with E-state index in [4.69, 9.17) is 10.1 Å². The second-order valence-electron chi connectivity index (χ2n) is 8.55. The minimum Gasteiger partial charge on any atom is -0.481 e. The first-order valence-corrected chi connectivity index (χ1v) is 12.1. The van der Waals surface area contributed by atoms with Crippen LogP contribution in [-0.4, -0.2) is 65.0 Å². The van der Waals surface area contributed by atoms with Crippen LogP contribution in [0.1, 0.15) is 55.8 Å². The lowest BCUT2D eigenvalue weighted by Gasteiger charge is -2.35. The Bertz CT molecular complexity index is 821. The molecule has 6 nitrogen and oxygen atoms in total. The number of anilines is 1. The molecule has 1 aromatic rings. The molecule has 0 aliphatic carbocycles. The number of rotatable bonds is 7. The maximum atomic E-state index is 13.2. The lowest BCUT2D eigenvalue weighted by Crippen LogP contribution is -2.44. The number of piperidine rings is 2. The summed E-state index contributed by atoms with van der Waals surface area (Å²) in [4.78, 5) is 32.3. The molecule has 32 heavy (non-hydrogen) atoms. The molecule has 1 N–H and O–H groups in total. The van der Waals surface area contributed by atoms with E-state index in [1.807, 2.05) is 11.8 Å². The summed E-state index contributed by atoms with van der Waals surface area (Å²) in [5, 5.41) is 9.64. The third-order valence-corrected chi connectivity index (χ3v) is 7.19. The lowest BCUT2D eigenvalue weighted by molar-refractivity contribution is -0.184. The van der Waals surface area contributed by atoms with Crippen LogP contribution < -0.4 is 4.90 Å². The van der Waals surface area contributed by atoms with Crippen LogP contribution in [0.3, 0.4) is 0 Å². The molecule has 1 amide bonds. The number of likely N-dealkylation sites (tertiary alicyclic amines) is 1. The number of thioether (sulfide) groups is 1. The molecule has 2 saturated heterocycles. The van der Waals surface area contributed by atoms with Crippen molar-refractivity contribution in [2.45, 2.75) is 56.7 Å². The average molecular weight is 474 g/mol. The molecule has 2 fully saturated rings. The van der Waals surface area contributed by atoms with E-state index >= 15 is 0 Å². The number of carboxylic acid groups (broad SMARTS) is 1. The van der Waals surface area contributed by atoms with Gasteiger partial charge in [-0.2, -0.15) is 13.2 Å². The second-order valence-corrected chi connectivity index (χ2v) is 9.64. The van der Waals surface area contributed by atoms with E-state index in [-0.39, 0.29) is 25.3 Å². The van der Waals surface area contributed by atoms with Crippen molar-refractivity contribution in [2.75, 3.05) is 36.8 Å². The Kier molecular flexibility index (Phi) is 8.30. The zero-order valence-corrected chi connectivity index (χ0v) is 19.1. The van der Waals surface area contributed by atoms with Crippen molar-refractivity contribution in [2.24, 2.45) is 11.8 Å². The predicted molar refractivity (Wildman–Crippen MR) is 117 cm³/mol. The third kappa shape index (κ3) is 6.30. The number of carbonyl (C=O) groups excluding carboxylic acids is 1. The van der Waals surface area contributed by atoms with Crippen LogP contribution in [0, 0.1) is 11.8 Å². The maximum absolute atomic E-state index is 13.2. The number of alkyl halides is 3. The fourth-order valence-electron chi connectivity index (χ4n) is 4.36. The Morgan fingerprint density at radius 2 is 1.94 bits per heavy atom. The molecule has 10 heteroatoms. The van der Waals surface area contributed by atoms with Crippen molar-refractivity contribution >= 4 is 29.5 Å². The van der Waals surface area contributed by atoms with E-state index in [0.29, 0.717) is 35.9 Å². The van der Waals surface area contributed by atoms with Crippen LogP contribution in [0.15, 0.2) is 17.2 Å². The molecule has 0 aromatic carbocycles. The lowest BCUT2D eigenvalue weighted by atomic mass is 9.95. The number of aromatic nitrogens is 1. The number of hydrogen-bond donors (Lipinski definition) is 1. The van der Waals surface area contributed by atoms with E-state index in [9.17, 15) is 22.8 Å². The molecule has 2 aliphatic heterocycles. The number of halogens is 3. The number of nitrogens with zero attached hydrogens (tertiary/aromatic N) is 3. The van der Waals surface area contributed by atoms with Gasteiger partial charge in [-0.25, -0.2) is 4.98 Å². The summed E-state index contributed by atoms with van der Waals surface area (Å²) in [7, 11) is 0. The molecule has 3 heterocycles. The first-order valence-electron chi connectivity index (χ1n) is 11.2. The molecule has 0 radical (unpaired) electrons. The molecule has 0 bridgehead atoms. The summed E-state index contributed by atoms with van der Waals surface area (Å²) in [5.41, 5.74) is 0.342. The number of pyridine rings is 1. The minimum absolute atomic E-state index is 0.0451. The smallest absolute Gasteiger partial charge is 0.393 e. The summed E-state index contributed by atoms with van der Waals surface area (Å²) < 4.78 is 39.6. The van der Waals surface area contributed by atoms with Gasteiger partial charge >= 0.3 is 12.1 Å². The van der Waals surface area contributed by atoms with E-state index < -0.39 is 24.0 Å². The third-order valence-electron chi connectivity index (χ3n) is 6.00. The molecular weight excluding hydrogens is 443 g/mol. The Balaban J connectivity index is 1.80. The van der Waals surface area contributed by atoms with Gasteiger partial charge in [-0.3, -0.25) is 9.59 Å². The van der Waals surface area contributed by atoms with Crippen LogP contribution in [0.5, 0.6) is 0 Å². The van der Waals surface area contributed by atoms with Gasteiger partial charge in [-0.1, -0.05) is 6.92 Å². The highest BCUT2D eigenvalue weighted by Crippen LogP contribution is 2.35. The molecule has 178 valence electrons. The molecule has 0 saturated carbocycles. The van der Waals surface area contributed by atoms with Crippen molar-refractivity contribution in [3.63, 3.8) is 0 Å². The fraction of sp³-hybridized carbons (Fsp3) is 0.682. The highest BCUT2D eigenvalue weighted by Gasteiger charge is 2.43. The zero-order valence-electron chi connectivity index (χ0n) is 18.2. The molecule has 3 rings (SSSR count). The van der Waals surface area contributed by atoms with Gasteiger partial charge in [0.05, 0.1) is 11.5 Å². The number of amides is 1. The van der Waals surface area contributed by atoms with Gasteiger partial charge in [-0.05, 0) is 55.9 Å². The van der Waals surface area contributed by atoms with Crippen LogP contribution in [0.2, 0.25) is 0 Å². The molecule has 1 unspecified atom stereocenters. The van der Waals surface area contributed by atoms with Crippen molar-refractivity contribution in [1.82, 2.24) is 9.88 Å². The second kappa shape index (κ2) is 10.8. The summed E-state index contributed by atoms with van der Waals surface area (Å²) in [6.07, 6.45) is -1.22. The SMILES string of the molecule is CCCSc1nc(N2CCC[C@@H](CC(=O)O)C2)ccc1C(=O)N1CCCC(C(F)(F)F)C1. The van der Waals surface area contributed by atoms with Gasteiger partial charge in [0.1, 0.15) is 10.8 Å². The van der Waals surface area contributed by atoms with Crippen LogP contribution in [-0.2, 0) is 4.79 Å². The van der Waals surface area contributed by atoms with Gasteiger partial charge in [0, 0.05) is 32.6 Å². The van der Waals surface area contributed by atoms with Crippen LogP contribution >= 0.6 is 11.8 Å². The van der Waals surface area contributed by atoms with Crippen molar-refractivity contribution < 1.29 is 27.9 Å². The van der Waals surface area contributed by atoms with Gasteiger partial charge in [-0.15, -0.1) is 11.8 Å². The maximum Gasteiger partial charge on any atom is 0.393 e. The number of aliphatic carboxylic acids is 1. The molecule has 2 atom stereocenters. The largest absolute Gasteiger partial charge is 0.481 e. The fourth-order valence-corrected chi connectivity index (χ4v) is 5.23. The molecule has 2 aliphatic rings. The van der Waals surface area contributed by atoms with Gasteiger partial charge in [0.25, 0.3) is 5.91 Å². The topological polar surface area (TPSA) is 73.7 Å². The Morgan fingerprint density at radius 1 is 1.19 bits per heavy atom. The predicted octanol–water partition coefficient (Wildman–Crippen LogP) is 4.69. The summed E-state index contributed by atoms with van der Waals surface area (Å²) in [5.74, 6) is -1.24. The van der Waals surface area contributed by atoms with Gasteiger partial charge in [0.2, 0.25) is 0 Å². The molecular formula is C22H30F3N3O3S. The standard InChI is InChI=1S/C22H30F3N3O3S/c1-2-11-32-20-17(21(31)28-10-4-6-16(14-28)22(23,24)25)7-8-18(26-20)27-9-3-5-15(13-27)12-19(29)30/h7-8,15-16H,2-6,9-14H2,1H3,(H,29,30)/t15-,16?/m0/s1. The van der Waals surface area contributed by atoms with Crippen molar-refractivity contribution in [3.8, 4) is 0 Å². The van der Waals surface area contributed by atoms with E-state index in [1.165, 1.54) is 16.7 Å². The summed E-state index contributed by atoms with van der Waals surface area (Å²) in [6.45, 7) is 3.36. The average Bonchev–Trinajstić information content (AvgIpc) is 2.76. The first-order chi connectivity index (χ1) is 15.2. The Labute approximate surface area is 190 Å². The highest BCUT2D eigenvalue weighted by molar-refractivity contribution is 7.99. The normalized spacial score (nSPS) is 22.1. The zero-order chi connectivity index (χ0) is 23.3. The van der Waals surface area contributed by atoms with Crippen LogP contribution in [0.4, 0.5) is 19.0 Å². The van der Waals surface area contributed by atoms with Crippen molar-refractivity contribution in [3.05, 3.63) is 17.7 Å². The molecule has 0 spiro atoms. The minimum atomic E-state index is -4.30. The van der Waals surface area contributed by atoms with Gasteiger partial charge in [0.15, 0.2) is 0 Å². The van der Waals surface area contributed by atoms with Gasteiger partial charge < -0.3 is 14.9 Å². The number of carbonyl (C=O) groups is 2.